The topological polar surface area (TPSA) is 146 Å². The first-order valence-corrected chi connectivity index (χ1v) is 8.13. The van der Waals surface area contributed by atoms with Crippen molar-refractivity contribution in [3.05, 3.63) is 57.5 Å². The Morgan fingerprint density at radius 1 is 1.12 bits per heavy atom. The van der Waals surface area contributed by atoms with Gasteiger partial charge in [-0.05, 0) is 41.7 Å². The van der Waals surface area contributed by atoms with Crippen LogP contribution in [0.5, 0.6) is 0 Å². The third-order valence-corrected chi connectivity index (χ3v) is 4.67. The fourth-order valence-electron chi connectivity index (χ4n) is 2.66. The van der Waals surface area contributed by atoms with Crippen LogP contribution in [0, 0.1) is 6.92 Å². The van der Waals surface area contributed by atoms with Crippen molar-refractivity contribution in [1.82, 2.24) is 9.36 Å². The lowest BCUT2D eigenvalue weighted by Crippen LogP contribution is -2.24. The Morgan fingerprint density at radius 2 is 1.77 bits per heavy atom. The van der Waals surface area contributed by atoms with Gasteiger partial charge in [0.05, 0.1) is 10.6 Å². The average Bonchev–Trinajstić information content (AvgIpc) is 3.00. The second-order valence-corrected chi connectivity index (χ2v) is 6.32. The van der Waals surface area contributed by atoms with Gasteiger partial charge in [0.1, 0.15) is 16.9 Å². The first-order chi connectivity index (χ1) is 12.3. The van der Waals surface area contributed by atoms with Gasteiger partial charge in [-0.2, -0.15) is 4.37 Å². The molecule has 26 heavy (non-hydrogen) atoms. The van der Waals surface area contributed by atoms with Crippen LogP contribution in [0.3, 0.4) is 0 Å². The van der Waals surface area contributed by atoms with Gasteiger partial charge < -0.3 is 20.9 Å². The molecule has 2 heterocycles. The minimum absolute atomic E-state index is 0.227. The number of pyridine rings is 1. The van der Waals surface area contributed by atoms with E-state index in [2.05, 4.69) is 9.36 Å². The summed E-state index contributed by atoms with van der Waals surface area (Å²) >= 11 is 1.26. The van der Waals surface area contributed by atoms with Crippen LogP contribution in [0.4, 0.5) is 5.82 Å². The van der Waals surface area contributed by atoms with Crippen LogP contribution in [0.1, 0.15) is 26.4 Å². The Labute approximate surface area is 150 Å². The summed E-state index contributed by atoms with van der Waals surface area (Å²) < 4.78 is 4.19. The molecule has 3 rings (SSSR count). The molecule has 0 aliphatic rings. The van der Waals surface area contributed by atoms with Gasteiger partial charge in [-0.1, -0.05) is 18.2 Å². The molecule has 5 N–H and O–H groups in total. The number of aromatic amines is 1. The normalized spacial score (nSPS) is 10.7. The zero-order valence-corrected chi connectivity index (χ0v) is 14.3. The molecule has 0 unspecified atom stereocenters. The first-order valence-electron chi connectivity index (χ1n) is 7.36. The number of aryl methyl sites for hydroxylation is 1. The smallest absolute Gasteiger partial charge is 0.342 e. The number of nitrogen functional groups attached to an aromatic ring is 1. The molecule has 0 spiro atoms. The van der Waals surface area contributed by atoms with E-state index >= 15 is 0 Å². The number of rotatable bonds is 4. The van der Waals surface area contributed by atoms with Crippen molar-refractivity contribution in [3.63, 3.8) is 0 Å². The number of aromatic nitrogens is 2. The van der Waals surface area contributed by atoms with Crippen molar-refractivity contribution >= 4 is 29.3 Å². The van der Waals surface area contributed by atoms with Gasteiger partial charge in [-0.25, -0.2) is 9.59 Å². The maximum absolute atomic E-state index is 12.1. The number of nitrogens with zero attached hydrogens (tertiary/aromatic N) is 1. The van der Waals surface area contributed by atoms with E-state index in [1.54, 1.807) is 18.2 Å². The Hall–Kier alpha value is -3.46. The van der Waals surface area contributed by atoms with Crippen molar-refractivity contribution in [1.29, 1.82) is 0 Å². The van der Waals surface area contributed by atoms with E-state index in [-0.39, 0.29) is 11.1 Å². The Kier molecular flexibility index (Phi) is 4.31. The number of H-pyrrole nitrogens is 1. The van der Waals surface area contributed by atoms with E-state index in [1.165, 1.54) is 17.6 Å². The molecule has 0 amide bonds. The predicted octanol–water partition coefficient (Wildman–Crippen LogP) is 2.45. The number of nitrogens with two attached hydrogens (primary N) is 1. The Morgan fingerprint density at radius 3 is 2.35 bits per heavy atom. The van der Waals surface area contributed by atoms with Gasteiger partial charge >= 0.3 is 11.9 Å². The standard InChI is InChI=1S/C17H13N3O5S/c1-7-5-10(26-20-7)8-3-2-4-9(6-8)11-12(16(22)23)14(18)19-15(21)13(11)17(24)25/h2-6H,1H3,(H,22,23)(H,24,25)(H3,18,19,21). The fraction of sp³-hybridized carbons (Fsp3) is 0.0588. The van der Waals surface area contributed by atoms with E-state index in [0.717, 1.165) is 16.1 Å². The third-order valence-electron chi connectivity index (χ3n) is 3.74. The zero-order chi connectivity index (χ0) is 19.0. The SMILES string of the molecule is Cc1cc(-c2cccc(-c3c(C(=O)O)c(N)[nH]c(=O)c3C(=O)O)c2)sn1. The summed E-state index contributed by atoms with van der Waals surface area (Å²) in [6.45, 7) is 1.84. The summed E-state index contributed by atoms with van der Waals surface area (Å²) in [6.07, 6.45) is 0. The van der Waals surface area contributed by atoms with Gasteiger partial charge in [0.25, 0.3) is 5.56 Å². The predicted molar refractivity (Wildman–Crippen MR) is 96.7 cm³/mol. The number of anilines is 1. The summed E-state index contributed by atoms with van der Waals surface area (Å²) in [5.41, 5.74) is 5.14. The molecule has 9 heteroatoms. The van der Waals surface area contributed by atoms with E-state index in [1.807, 2.05) is 13.0 Å². The van der Waals surface area contributed by atoms with Gasteiger partial charge in [0.2, 0.25) is 0 Å². The van der Waals surface area contributed by atoms with Crippen LogP contribution >= 0.6 is 11.5 Å². The van der Waals surface area contributed by atoms with Crippen molar-refractivity contribution < 1.29 is 19.8 Å². The highest BCUT2D eigenvalue weighted by Gasteiger charge is 2.26. The molecule has 0 aliphatic carbocycles. The number of carboxylic acids is 2. The fourth-order valence-corrected chi connectivity index (χ4v) is 3.41. The van der Waals surface area contributed by atoms with E-state index < -0.39 is 34.4 Å². The number of carbonyl (C=O) groups is 2. The lowest BCUT2D eigenvalue weighted by atomic mass is 9.94. The van der Waals surface area contributed by atoms with Crippen LogP contribution in [0.15, 0.2) is 35.1 Å². The molecule has 3 aromatic rings. The van der Waals surface area contributed by atoms with Crippen LogP contribution in [0.2, 0.25) is 0 Å². The van der Waals surface area contributed by atoms with Gasteiger partial charge in [0, 0.05) is 5.56 Å². The second kappa shape index (κ2) is 6.45. The minimum atomic E-state index is -1.54. The molecular formula is C17H13N3O5S. The molecule has 0 aliphatic heterocycles. The largest absolute Gasteiger partial charge is 0.478 e. The Balaban J connectivity index is 2.35. The zero-order valence-electron chi connectivity index (χ0n) is 13.4. The monoisotopic (exact) mass is 371 g/mol. The number of hydrogen-bond acceptors (Lipinski definition) is 6. The Bertz CT molecular complexity index is 1100. The quantitative estimate of drug-likeness (QED) is 0.551. The van der Waals surface area contributed by atoms with Crippen LogP contribution in [-0.2, 0) is 0 Å². The highest BCUT2D eigenvalue weighted by molar-refractivity contribution is 7.09. The summed E-state index contributed by atoms with van der Waals surface area (Å²) in [4.78, 5) is 38.3. The van der Waals surface area contributed by atoms with Crippen molar-refractivity contribution in [2.45, 2.75) is 6.92 Å². The number of benzene rings is 1. The average molecular weight is 371 g/mol. The summed E-state index contributed by atoms with van der Waals surface area (Å²) in [6, 6.07) is 8.43. The van der Waals surface area contributed by atoms with Crippen molar-refractivity contribution in [2.75, 3.05) is 5.73 Å². The third kappa shape index (κ3) is 2.95. The molecule has 8 nitrogen and oxygen atoms in total. The molecule has 2 aromatic heterocycles. The van der Waals surface area contributed by atoms with Gasteiger partial charge in [0.15, 0.2) is 0 Å². The molecule has 132 valence electrons. The highest BCUT2D eigenvalue weighted by Crippen LogP contribution is 2.33. The lowest BCUT2D eigenvalue weighted by molar-refractivity contribution is 0.0695. The molecule has 1 aromatic carbocycles. The van der Waals surface area contributed by atoms with Crippen molar-refractivity contribution in [2.24, 2.45) is 0 Å². The molecule has 0 saturated heterocycles. The molecular weight excluding hydrogens is 358 g/mol. The minimum Gasteiger partial charge on any atom is -0.478 e. The van der Waals surface area contributed by atoms with E-state index in [9.17, 15) is 24.6 Å². The van der Waals surface area contributed by atoms with Gasteiger partial charge in [-0.3, -0.25) is 4.79 Å². The molecule has 0 saturated carbocycles. The second-order valence-electron chi connectivity index (χ2n) is 5.52. The maximum Gasteiger partial charge on any atom is 0.342 e. The van der Waals surface area contributed by atoms with Crippen molar-refractivity contribution in [3.8, 4) is 21.6 Å². The summed E-state index contributed by atoms with van der Waals surface area (Å²) in [5.74, 6) is -3.38. The number of aromatic carboxylic acids is 2. The maximum atomic E-state index is 12.1. The number of nitrogens with one attached hydrogen (secondary N) is 1. The van der Waals surface area contributed by atoms with Crippen LogP contribution < -0.4 is 11.3 Å². The number of carboxylic acid groups (broad SMARTS) is 2. The van der Waals surface area contributed by atoms with Crippen LogP contribution in [0.25, 0.3) is 21.6 Å². The molecule has 0 radical (unpaired) electrons. The van der Waals surface area contributed by atoms with Crippen LogP contribution in [-0.4, -0.2) is 31.5 Å². The highest BCUT2D eigenvalue weighted by atomic mass is 32.1. The molecule has 0 fully saturated rings. The van der Waals surface area contributed by atoms with E-state index in [4.69, 9.17) is 5.73 Å². The molecule has 0 bridgehead atoms. The number of hydrogen-bond donors (Lipinski definition) is 4. The lowest BCUT2D eigenvalue weighted by Gasteiger charge is -2.12. The summed E-state index contributed by atoms with van der Waals surface area (Å²) in [5, 5.41) is 18.9. The molecule has 0 atom stereocenters. The van der Waals surface area contributed by atoms with E-state index in [0.29, 0.717) is 0 Å². The van der Waals surface area contributed by atoms with Gasteiger partial charge in [-0.15, -0.1) is 0 Å². The first kappa shape index (κ1) is 17.4. The summed E-state index contributed by atoms with van der Waals surface area (Å²) in [7, 11) is 0.